The van der Waals surface area contributed by atoms with E-state index in [0.717, 1.165) is 16.9 Å². The minimum Gasteiger partial charge on any atom is -0.388 e. The number of nitrogens with two attached hydrogens (primary N) is 1. The van der Waals surface area contributed by atoms with Crippen molar-refractivity contribution in [1.29, 1.82) is 0 Å². The molecule has 88 valence electrons. The minimum absolute atomic E-state index is 0.320. The lowest BCUT2D eigenvalue weighted by atomic mass is 10.2. The van der Waals surface area contributed by atoms with Crippen LogP contribution >= 0.6 is 12.2 Å². The number of fused-ring (bicyclic) bond motifs is 1. The lowest BCUT2D eigenvalue weighted by molar-refractivity contribution is 1.16. The Morgan fingerprint density at radius 3 is 2.50 bits per heavy atom. The van der Waals surface area contributed by atoms with Crippen molar-refractivity contribution >= 4 is 22.7 Å². The van der Waals surface area contributed by atoms with Crippen molar-refractivity contribution in [3.05, 3.63) is 60.4 Å². The van der Waals surface area contributed by atoms with E-state index in [-0.39, 0.29) is 0 Å². The fourth-order valence-electron chi connectivity index (χ4n) is 2.01. The molecule has 2 aromatic heterocycles. The van der Waals surface area contributed by atoms with E-state index in [0.29, 0.717) is 10.7 Å². The first-order valence-electron chi connectivity index (χ1n) is 5.59. The van der Waals surface area contributed by atoms with E-state index in [4.69, 9.17) is 18.0 Å². The number of imidazole rings is 1. The molecule has 0 radical (unpaired) electrons. The van der Waals surface area contributed by atoms with Crippen LogP contribution in [0.15, 0.2) is 54.7 Å². The fraction of sp³-hybridized carbons (Fsp3) is 0. The van der Waals surface area contributed by atoms with Gasteiger partial charge in [0.2, 0.25) is 0 Å². The van der Waals surface area contributed by atoms with Crippen molar-refractivity contribution in [1.82, 2.24) is 9.38 Å². The SMILES string of the molecule is NC(=S)c1nc(-c2ccccc2)n2ccccc12. The molecule has 3 aromatic rings. The van der Waals surface area contributed by atoms with E-state index in [1.54, 1.807) is 0 Å². The Labute approximate surface area is 110 Å². The van der Waals surface area contributed by atoms with E-state index in [9.17, 15) is 0 Å². The van der Waals surface area contributed by atoms with Gasteiger partial charge in [-0.25, -0.2) is 4.98 Å². The predicted molar refractivity (Wildman–Crippen MR) is 76.5 cm³/mol. The zero-order valence-electron chi connectivity index (χ0n) is 9.58. The van der Waals surface area contributed by atoms with Gasteiger partial charge in [0.1, 0.15) is 16.5 Å². The molecule has 0 unspecified atom stereocenters. The summed E-state index contributed by atoms with van der Waals surface area (Å²) in [7, 11) is 0. The van der Waals surface area contributed by atoms with Gasteiger partial charge >= 0.3 is 0 Å². The third kappa shape index (κ3) is 1.67. The number of hydrogen-bond donors (Lipinski definition) is 1. The molecule has 0 amide bonds. The summed E-state index contributed by atoms with van der Waals surface area (Å²) in [5, 5.41) is 0. The molecule has 0 bridgehead atoms. The molecule has 1 aromatic carbocycles. The van der Waals surface area contributed by atoms with Crippen molar-refractivity contribution in [2.45, 2.75) is 0 Å². The molecular weight excluding hydrogens is 242 g/mol. The third-order valence-corrected chi connectivity index (χ3v) is 3.01. The van der Waals surface area contributed by atoms with Crippen LogP contribution in [0.25, 0.3) is 16.9 Å². The Morgan fingerprint density at radius 2 is 1.78 bits per heavy atom. The summed E-state index contributed by atoms with van der Waals surface area (Å²) in [4.78, 5) is 4.88. The Kier molecular flexibility index (Phi) is 2.57. The monoisotopic (exact) mass is 253 g/mol. The molecule has 0 fully saturated rings. The smallest absolute Gasteiger partial charge is 0.145 e. The van der Waals surface area contributed by atoms with Gasteiger partial charge in [0.25, 0.3) is 0 Å². The van der Waals surface area contributed by atoms with E-state index < -0.39 is 0 Å². The van der Waals surface area contributed by atoms with Crippen LogP contribution in [-0.4, -0.2) is 14.4 Å². The van der Waals surface area contributed by atoms with Gasteiger partial charge in [-0.05, 0) is 12.1 Å². The first-order chi connectivity index (χ1) is 8.77. The van der Waals surface area contributed by atoms with E-state index in [1.807, 2.05) is 59.1 Å². The highest BCUT2D eigenvalue weighted by molar-refractivity contribution is 7.80. The minimum atomic E-state index is 0.320. The maximum atomic E-state index is 5.73. The van der Waals surface area contributed by atoms with Gasteiger partial charge in [-0.3, -0.25) is 4.40 Å². The molecule has 0 aliphatic heterocycles. The summed E-state index contributed by atoms with van der Waals surface area (Å²) in [5.41, 5.74) is 8.37. The molecule has 0 saturated heterocycles. The van der Waals surface area contributed by atoms with Crippen molar-refractivity contribution in [3.63, 3.8) is 0 Å². The van der Waals surface area contributed by atoms with Crippen LogP contribution in [0.4, 0.5) is 0 Å². The highest BCUT2D eigenvalue weighted by atomic mass is 32.1. The Hall–Kier alpha value is -2.20. The second-order valence-corrected chi connectivity index (χ2v) is 4.41. The standard InChI is InChI=1S/C14H11N3S/c15-13(18)12-11-8-4-5-9-17(11)14(16-12)10-6-2-1-3-7-10/h1-9H,(H2,15,18). The average molecular weight is 253 g/mol. The van der Waals surface area contributed by atoms with Crippen molar-refractivity contribution in [2.24, 2.45) is 5.73 Å². The molecule has 2 N–H and O–H groups in total. The van der Waals surface area contributed by atoms with Crippen LogP contribution < -0.4 is 5.73 Å². The summed E-state index contributed by atoms with van der Waals surface area (Å²) in [6.45, 7) is 0. The lowest BCUT2D eigenvalue weighted by Crippen LogP contribution is -2.10. The number of aromatic nitrogens is 2. The van der Waals surface area contributed by atoms with Gasteiger partial charge in [-0.2, -0.15) is 0 Å². The van der Waals surface area contributed by atoms with E-state index >= 15 is 0 Å². The number of benzene rings is 1. The van der Waals surface area contributed by atoms with Crippen LogP contribution in [0.3, 0.4) is 0 Å². The summed E-state index contributed by atoms with van der Waals surface area (Å²) in [6.07, 6.45) is 1.96. The zero-order valence-corrected chi connectivity index (χ0v) is 10.4. The molecule has 0 saturated carbocycles. The molecule has 0 spiro atoms. The highest BCUT2D eigenvalue weighted by Gasteiger charge is 2.13. The van der Waals surface area contributed by atoms with Gasteiger partial charge in [0, 0.05) is 11.8 Å². The summed E-state index contributed by atoms with van der Waals surface area (Å²) in [6, 6.07) is 15.9. The summed E-state index contributed by atoms with van der Waals surface area (Å²) >= 11 is 5.05. The Balaban J connectivity index is 2.34. The van der Waals surface area contributed by atoms with Crippen molar-refractivity contribution < 1.29 is 0 Å². The van der Waals surface area contributed by atoms with Crippen molar-refractivity contribution in [2.75, 3.05) is 0 Å². The highest BCUT2D eigenvalue weighted by Crippen LogP contribution is 2.22. The average Bonchev–Trinajstić information content (AvgIpc) is 2.79. The van der Waals surface area contributed by atoms with Crippen LogP contribution in [0, 0.1) is 0 Å². The number of rotatable bonds is 2. The molecule has 3 nitrogen and oxygen atoms in total. The number of pyridine rings is 1. The lowest BCUT2D eigenvalue weighted by Gasteiger charge is -1.99. The first-order valence-corrected chi connectivity index (χ1v) is 6.00. The van der Waals surface area contributed by atoms with E-state index in [1.165, 1.54) is 0 Å². The Bertz CT molecular complexity index is 716. The largest absolute Gasteiger partial charge is 0.388 e. The summed E-state index contributed by atoms with van der Waals surface area (Å²) in [5.74, 6) is 0.856. The second-order valence-electron chi connectivity index (χ2n) is 3.97. The Morgan fingerprint density at radius 1 is 1.06 bits per heavy atom. The molecule has 0 atom stereocenters. The van der Waals surface area contributed by atoms with Gasteiger partial charge in [-0.15, -0.1) is 0 Å². The van der Waals surface area contributed by atoms with Gasteiger partial charge in [0.05, 0.1) is 5.52 Å². The topological polar surface area (TPSA) is 43.3 Å². The molecular formula is C14H11N3S. The van der Waals surface area contributed by atoms with Gasteiger partial charge in [0.15, 0.2) is 0 Å². The summed E-state index contributed by atoms with van der Waals surface area (Å²) < 4.78 is 2.00. The van der Waals surface area contributed by atoms with Crippen LogP contribution in [0.1, 0.15) is 5.69 Å². The zero-order chi connectivity index (χ0) is 12.5. The first kappa shape index (κ1) is 10.9. The van der Waals surface area contributed by atoms with Crippen LogP contribution in [-0.2, 0) is 0 Å². The normalized spacial score (nSPS) is 10.7. The molecule has 18 heavy (non-hydrogen) atoms. The number of hydrogen-bond acceptors (Lipinski definition) is 2. The predicted octanol–water partition coefficient (Wildman–Crippen LogP) is 2.64. The number of nitrogens with zero attached hydrogens (tertiary/aromatic N) is 2. The van der Waals surface area contributed by atoms with Crippen LogP contribution in [0.5, 0.6) is 0 Å². The fourth-order valence-corrected chi connectivity index (χ4v) is 2.16. The van der Waals surface area contributed by atoms with Gasteiger partial charge < -0.3 is 5.73 Å². The quantitative estimate of drug-likeness (QED) is 0.714. The van der Waals surface area contributed by atoms with E-state index in [2.05, 4.69) is 4.98 Å². The molecule has 3 rings (SSSR count). The molecule has 4 heteroatoms. The molecule has 2 heterocycles. The maximum absolute atomic E-state index is 5.73. The second kappa shape index (κ2) is 4.23. The van der Waals surface area contributed by atoms with Crippen LogP contribution in [0.2, 0.25) is 0 Å². The van der Waals surface area contributed by atoms with Crippen molar-refractivity contribution in [3.8, 4) is 11.4 Å². The third-order valence-electron chi connectivity index (χ3n) is 2.81. The molecule has 0 aliphatic rings. The molecule has 0 aliphatic carbocycles. The number of thiocarbonyl (C=S) groups is 1. The van der Waals surface area contributed by atoms with Gasteiger partial charge in [-0.1, -0.05) is 48.6 Å². The maximum Gasteiger partial charge on any atom is 0.145 e.